The number of amides is 2. The Hall–Kier alpha value is -1.88. The Labute approximate surface area is 119 Å². The molecule has 0 saturated heterocycles. The number of carbonyl (C=O) groups excluding carboxylic acids is 2. The number of benzene rings is 1. The second kappa shape index (κ2) is 6.52. The molecule has 2 N–H and O–H groups in total. The molecule has 0 aliphatic carbocycles. The largest absolute Gasteiger partial charge is 0.354 e. The number of fused-ring (bicyclic) bond motifs is 1. The maximum atomic E-state index is 12.1. The van der Waals surface area contributed by atoms with Gasteiger partial charge < -0.3 is 15.5 Å². The van der Waals surface area contributed by atoms with Crippen LogP contribution in [-0.2, 0) is 22.6 Å². The summed E-state index contributed by atoms with van der Waals surface area (Å²) in [4.78, 5) is 25.0. The summed E-state index contributed by atoms with van der Waals surface area (Å²) in [5.41, 5.74) is 2.47. The zero-order chi connectivity index (χ0) is 14.5. The van der Waals surface area contributed by atoms with Gasteiger partial charge in [-0.15, -0.1) is 0 Å². The quantitative estimate of drug-likeness (QED) is 0.830. The molecule has 1 aromatic carbocycles. The van der Waals surface area contributed by atoms with Crippen molar-refractivity contribution in [3.05, 3.63) is 35.4 Å². The molecule has 1 aliphatic heterocycles. The lowest BCUT2D eigenvalue weighted by atomic mass is 9.95. The minimum Gasteiger partial charge on any atom is -0.354 e. The average molecular weight is 275 g/mol. The molecule has 20 heavy (non-hydrogen) atoms. The topological polar surface area (TPSA) is 61.4 Å². The summed E-state index contributed by atoms with van der Waals surface area (Å²) in [5, 5.41) is 6.05. The van der Waals surface area contributed by atoms with Gasteiger partial charge in [0.05, 0.1) is 6.04 Å². The SMILES string of the molecule is CN(C)C(=O)CCNC(=O)[C@H]1Cc2ccccc2CN1. The van der Waals surface area contributed by atoms with Crippen LogP contribution in [0, 0.1) is 0 Å². The molecule has 0 fully saturated rings. The molecule has 1 atom stereocenters. The van der Waals surface area contributed by atoms with E-state index in [9.17, 15) is 9.59 Å². The number of nitrogens with one attached hydrogen (secondary N) is 2. The number of nitrogens with zero attached hydrogens (tertiary/aromatic N) is 1. The molecule has 108 valence electrons. The van der Waals surface area contributed by atoms with Crippen molar-refractivity contribution in [2.45, 2.75) is 25.4 Å². The molecule has 5 nitrogen and oxygen atoms in total. The Bertz CT molecular complexity index is 500. The third-order valence-electron chi connectivity index (χ3n) is 3.53. The van der Waals surface area contributed by atoms with Crippen molar-refractivity contribution in [3.63, 3.8) is 0 Å². The van der Waals surface area contributed by atoms with E-state index in [1.165, 1.54) is 16.0 Å². The van der Waals surface area contributed by atoms with Gasteiger partial charge in [-0.1, -0.05) is 24.3 Å². The van der Waals surface area contributed by atoms with E-state index >= 15 is 0 Å². The molecule has 0 spiro atoms. The summed E-state index contributed by atoms with van der Waals surface area (Å²) in [6.45, 7) is 1.10. The van der Waals surface area contributed by atoms with E-state index in [1.807, 2.05) is 12.1 Å². The second-order valence-corrected chi connectivity index (χ2v) is 5.24. The molecule has 0 unspecified atom stereocenters. The van der Waals surface area contributed by atoms with E-state index in [0.717, 1.165) is 0 Å². The standard InChI is InChI=1S/C15H21N3O2/c1-18(2)14(19)7-8-16-15(20)13-9-11-5-3-4-6-12(11)10-17-13/h3-6,13,17H,7-10H2,1-2H3,(H,16,20)/t13-/m1/s1. The van der Waals surface area contributed by atoms with Gasteiger partial charge in [0.2, 0.25) is 11.8 Å². The van der Waals surface area contributed by atoms with Crippen molar-refractivity contribution in [2.75, 3.05) is 20.6 Å². The molecular weight excluding hydrogens is 254 g/mol. The Morgan fingerprint density at radius 3 is 2.70 bits per heavy atom. The maximum absolute atomic E-state index is 12.1. The summed E-state index contributed by atoms with van der Waals surface area (Å²) in [5.74, 6) is -0.0155. The van der Waals surface area contributed by atoms with E-state index in [-0.39, 0.29) is 17.9 Å². The lowest BCUT2D eigenvalue weighted by Gasteiger charge is -2.25. The molecule has 1 aliphatic rings. The summed E-state index contributed by atoms with van der Waals surface area (Å²) < 4.78 is 0. The van der Waals surface area contributed by atoms with Gasteiger partial charge in [0.25, 0.3) is 0 Å². The van der Waals surface area contributed by atoms with E-state index in [1.54, 1.807) is 14.1 Å². The highest BCUT2D eigenvalue weighted by molar-refractivity contribution is 5.83. The highest BCUT2D eigenvalue weighted by atomic mass is 16.2. The summed E-state index contributed by atoms with van der Waals surface area (Å²) in [7, 11) is 3.42. The lowest BCUT2D eigenvalue weighted by molar-refractivity contribution is -0.128. The van der Waals surface area contributed by atoms with Crippen molar-refractivity contribution >= 4 is 11.8 Å². The summed E-state index contributed by atoms with van der Waals surface area (Å²) in [6, 6.07) is 7.93. The fourth-order valence-electron chi connectivity index (χ4n) is 2.28. The molecule has 1 aromatic rings. The average Bonchev–Trinajstić information content (AvgIpc) is 2.46. The first-order chi connectivity index (χ1) is 9.58. The first-order valence-corrected chi connectivity index (χ1v) is 6.86. The van der Waals surface area contributed by atoms with Gasteiger partial charge in [0.15, 0.2) is 0 Å². The van der Waals surface area contributed by atoms with Crippen molar-refractivity contribution < 1.29 is 9.59 Å². The Balaban J connectivity index is 1.81. The van der Waals surface area contributed by atoms with Gasteiger partial charge in [-0.05, 0) is 17.5 Å². The van der Waals surface area contributed by atoms with Crippen LogP contribution < -0.4 is 10.6 Å². The minimum atomic E-state index is -0.209. The summed E-state index contributed by atoms with van der Waals surface area (Å²) >= 11 is 0. The van der Waals surface area contributed by atoms with Crippen LogP contribution >= 0.6 is 0 Å². The van der Waals surface area contributed by atoms with Crippen LogP contribution in [0.5, 0.6) is 0 Å². The van der Waals surface area contributed by atoms with Gasteiger partial charge in [-0.25, -0.2) is 0 Å². The van der Waals surface area contributed by atoms with Crippen molar-refractivity contribution in [3.8, 4) is 0 Å². The fraction of sp³-hybridized carbons (Fsp3) is 0.467. The molecule has 0 aromatic heterocycles. The van der Waals surface area contributed by atoms with Gasteiger partial charge in [0.1, 0.15) is 0 Å². The normalized spacial score (nSPS) is 17.2. The van der Waals surface area contributed by atoms with Crippen LogP contribution in [0.15, 0.2) is 24.3 Å². The zero-order valence-corrected chi connectivity index (χ0v) is 12.0. The van der Waals surface area contributed by atoms with Gasteiger partial charge in [0, 0.05) is 33.6 Å². The van der Waals surface area contributed by atoms with Crippen LogP contribution in [-0.4, -0.2) is 43.4 Å². The zero-order valence-electron chi connectivity index (χ0n) is 12.0. The van der Waals surface area contributed by atoms with E-state index in [0.29, 0.717) is 25.9 Å². The lowest BCUT2D eigenvalue weighted by Crippen LogP contribution is -2.48. The number of hydrogen-bond acceptors (Lipinski definition) is 3. The molecule has 2 rings (SSSR count). The van der Waals surface area contributed by atoms with E-state index < -0.39 is 0 Å². The van der Waals surface area contributed by atoms with Crippen molar-refractivity contribution in [1.82, 2.24) is 15.5 Å². The van der Waals surface area contributed by atoms with Gasteiger partial charge in [-0.2, -0.15) is 0 Å². The Kier molecular flexibility index (Phi) is 4.74. The summed E-state index contributed by atoms with van der Waals surface area (Å²) in [6.07, 6.45) is 1.03. The molecule has 0 bridgehead atoms. The highest BCUT2D eigenvalue weighted by Crippen LogP contribution is 2.16. The number of rotatable bonds is 4. The van der Waals surface area contributed by atoms with Crippen LogP contribution in [0.4, 0.5) is 0 Å². The predicted molar refractivity (Wildman–Crippen MR) is 77.1 cm³/mol. The minimum absolute atomic E-state index is 0.0206. The van der Waals surface area contributed by atoms with E-state index in [4.69, 9.17) is 0 Å². The molecule has 1 heterocycles. The molecule has 0 saturated carbocycles. The molecule has 2 amide bonds. The maximum Gasteiger partial charge on any atom is 0.237 e. The van der Waals surface area contributed by atoms with Crippen LogP contribution in [0.1, 0.15) is 17.5 Å². The molecular formula is C15H21N3O2. The molecule has 0 radical (unpaired) electrons. The second-order valence-electron chi connectivity index (χ2n) is 5.24. The number of carbonyl (C=O) groups is 2. The van der Waals surface area contributed by atoms with Crippen molar-refractivity contribution in [2.24, 2.45) is 0 Å². The first kappa shape index (κ1) is 14.5. The van der Waals surface area contributed by atoms with Crippen LogP contribution in [0.3, 0.4) is 0 Å². The fourth-order valence-corrected chi connectivity index (χ4v) is 2.28. The highest BCUT2D eigenvalue weighted by Gasteiger charge is 2.23. The monoisotopic (exact) mass is 275 g/mol. The Morgan fingerprint density at radius 1 is 1.30 bits per heavy atom. The van der Waals surface area contributed by atoms with Gasteiger partial charge in [-0.3, -0.25) is 9.59 Å². The van der Waals surface area contributed by atoms with Crippen LogP contribution in [0.25, 0.3) is 0 Å². The molecule has 5 heteroatoms. The third kappa shape index (κ3) is 3.57. The Morgan fingerprint density at radius 2 is 2.00 bits per heavy atom. The third-order valence-corrected chi connectivity index (χ3v) is 3.53. The number of hydrogen-bond donors (Lipinski definition) is 2. The van der Waals surface area contributed by atoms with E-state index in [2.05, 4.69) is 22.8 Å². The van der Waals surface area contributed by atoms with Gasteiger partial charge >= 0.3 is 0 Å². The predicted octanol–water partition coefficient (Wildman–Crippen LogP) is 0.295. The van der Waals surface area contributed by atoms with Crippen LogP contribution in [0.2, 0.25) is 0 Å². The first-order valence-electron chi connectivity index (χ1n) is 6.86. The van der Waals surface area contributed by atoms with Crippen molar-refractivity contribution in [1.29, 1.82) is 0 Å². The smallest absolute Gasteiger partial charge is 0.237 e.